The molecule has 1 aliphatic rings. The molecule has 0 radical (unpaired) electrons. The van der Waals surface area contributed by atoms with E-state index in [1.807, 2.05) is 54.7 Å². The van der Waals surface area contributed by atoms with Gasteiger partial charge in [-0.15, -0.1) is 0 Å². The van der Waals surface area contributed by atoms with Gasteiger partial charge in [-0.25, -0.2) is 4.98 Å². The number of fused-ring (bicyclic) bond motifs is 4. The molecule has 0 saturated carbocycles. The van der Waals surface area contributed by atoms with Crippen LogP contribution in [0.4, 0.5) is 22.7 Å². The Hall–Kier alpha value is -8.67. The summed E-state index contributed by atoms with van der Waals surface area (Å²) in [5.41, 5.74) is 15.3. The zero-order valence-electron chi connectivity index (χ0n) is 50.4. The Labute approximate surface area is 461 Å². The topological polar surface area (TPSA) is 33.5 Å². The number of aromatic nitrogens is 2. The number of anilines is 4. The monoisotopic (exact) mass is 1010 g/mol. The molecule has 0 spiro atoms. The van der Waals surface area contributed by atoms with Crippen LogP contribution in [0.1, 0.15) is 85.9 Å². The molecule has 12 rings (SSSR count). The Kier molecular flexibility index (Phi) is 10.8. The summed E-state index contributed by atoms with van der Waals surface area (Å²) in [5.74, 6) is 2.13. The summed E-state index contributed by atoms with van der Waals surface area (Å²) < 4.78 is 54.4. The lowest BCUT2D eigenvalue weighted by Crippen LogP contribution is -2.25. The van der Waals surface area contributed by atoms with Crippen LogP contribution in [0.3, 0.4) is 0 Å². The molecule has 1 aliphatic heterocycles. The van der Waals surface area contributed by atoms with Crippen LogP contribution in [0.5, 0.6) is 11.5 Å². The average molecular weight is 1010 g/mol. The van der Waals surface area contributed by atoms with E-state index in [1.54, 1.807) is 0 Å². The van der Waals surface area contributed by atoms with Crippen molar-refractivity contribution in [3.63, 3.8) is 0 Å². The number of ether oxygens (including phenoxy) is 1. The molecule has 11 aromatic rings. The van der Waals surface area contributed by atoms with Gasteiger partial charge in [0.2, 0.25) is 0 Å². The highest BCUT2D eigenvalue weighted by atomic mass is 16.5. The van der Waals surface area contributed by atoms with E-state index in [1.165, 1.54) is 16.7 Å². The van der Waals surface area contributed by atoms with Crippen LogP contribution in [0, 0.1) is 0 Å². The molecule has 0 atom stereocenters. The first-order valence-corrected chi connectivity index (χ1v) is 26.6. The molecule has 0 bridgehead atoms. The molecule has 2 aromatic heterocycles. The summed E-state index contributed by atoms with van der Waals surface area (Å²) in [6.07, 6.45) is 1.91. The molecule has 0 unspecified atom stereocenters. The highest BCUT2D eigenvalue weighted by molar-refractivity contribution is 6.11. The average Bonchev–Trinajstić information content (AvgIpc) is 3.72. The predicted molar refractivity (Wildman–Crippen MR) is 325 cm³/mol. The number of benzene rings is 9. The number of hydrogen-bond donors (Lipinski definition) is 0. The number of para-hydroxylation sites is 3. The highest BCUT2D eigenvalue weighted by Gasteiger charge is 2.33. The molecule has 380 valence electrons. The SMILES string of the molecule is [2H]c1c([2H])c([2H])c(-c2cccc(-c3cc(C(C)(C)C)cc(C(C)(C)C)c3)c2N2CN(c3cc(Oc4ccc5c6cc(-c7ccccc7)ccc6n(-c6cc(C(C)(C)C)ccn6)c5c4)cc(-c4ccccc4)c3)c3ccccc32)c([2H])c1[2H]. The van der Waals surface area contributed by atoms with Gasteiger partial charge in [0.15, 0.2) is 0 Å². The second kappa shape index (κ2) is 19.2. The van der Waals surface area contributed by atoms with E-state index < -0.39 is 6.04 Å². The lowest BCUT2D eigenvalue weighted by Gasteiger charge is -2.29. The van der Waals surface area contributed by atoms with Crippen molar-refractivity contribution in [3.05, 3.63) is 241 Å². The first-order chi connectivity index (χ1) is 39.1. The summed E-state index contributed by atoms with van der Waals surface area (Å²) in [7, 11) is 0. The maximum atomic E-state index is 9.37. The van der Waals surface area contributed by atoms with E-state index in [0.29, 0.717) is 23.7 Å². The Morgan fingerprint density at radius 2 is 1.05 bits per heavy atom. The molecule has 77 heavy (non-hydrogen) atoms. The van der Waals surface area contributed by atoms with Crippen LogP contribution in [-0.4, -0.2) is 16.2 Å². The molecule has 0 N–H and O–H groups in total. The molecule has 0 aliphatic carbocycles. The fraction of sp³-hybridized carbons (Fsp3) is 0.181. The molecule has 0 amide bonds. The van der Waals surface area contributed by atoms with E-state index in [4.69, 9.17) is 13.8 Å². The van der Waals surface area contributed by atoms with Gasteiger partial charge in [-0.3, -0.25) is 4.57 Å². The van der Waals surface area contributed by atoms with Gasteiger partial charge in [-0.05, 0) is 127 Å². The minimum Gasteiger partial charge on any atom is -0.457 e. The summed E-state index contributed by atoms with van der Waals surface area (Å²) in [4.78, 5) is 9.52. The van der Waals surface area contributed by atoms with Crippen molar-refractivity contribution in [1.82, 2.24) is 9.55 Å². The van der Waals surface area contributed by atoms with Crippen molar-refractivity contribution >= 4 is 44.6 Å². The number of hydrogen-bond acceptors (Lipinski definition) is 4. The third-order valence-electron chi connectivity index (χ3n) is 15.0. The third-order valence-corrected chi connectivity index (χ3v) is 15.0. The number of pyridine rings is 1. The van der Waals surface area contributed by atoms with Crippen molar-refractivity contribution in [3.8, 4) is 61.8 Å². The van der Waals surface area contributed by atoms with Gasteiger partial charge in [0, 0.05) is 45.9 Å². The van der Waals surface area contributed by atoms with E-state index in [0.717, 1.165) is 83.8 Å². The Bertz CT molecular complexity index is 4240. The Morgan fingerprint density at radius 1 is 0.429 bits per heavy atom. The fourth-order valence-corrected chi connectivity index (χ4v) is 10.8. The van der Waals surface area contributed by atoms with Crippen LogP contribution >= 0.6 is 0 Å². The fourth-order valence-electron chi connectivity index (χ4n) is 10.8. The molecular weight excluding hydrogens is 937 g/mol. The van der Waals surface area contributed by atoms with Crippen LogP contribution < -0.4 is 14.5 Å². The number of nitrogens with zero attached hydrogens (tertiary/aromatic N) is 4. The molecule has 0 saturated heterocycles. The van der Waals surface area contributed by atoms with Gasteiger partial charge >= 0.3 is 0 Å². The summed E-state index contributed by atoms with van der Waals surface area (Å²) >= 11 is 0. The van der Waals surface area contributed by atoms with Crippen LogP contribution in [0.2, 0.25) is 0 Å². The van der Waals surface area contributed by atoms with Crippen molar-refractivity contribution < 1.29 is 11.6 Å². The molecule has 5 nitrogen and oxygen atoms in total. The lowest BCUT2D eigenvalue weighted by atomic mass is 9.78. The van der Waals surface area contributed by atoms with Crippen LogP contribution in [-0.2, 0) is 16.2 Å². The third kappa shape index (κ3) is 9.46. The van der Waals surface area contributed by atoms with Crippen molar-refractivity contribution in [2.45, 2.75) is 78.6 Å². The first-order valence-electron chi connectivity index (χ1n) is 29.1. The minimum absolute atomic E-state index is 0.0935. The molecule has 0 fully saturated rings. The summed E-state index contributed by atoms with van der Waals surface area (Å²) in [6, 6.07) is 63.9. The van der Waals surface area contributed by atoms with E-state index >= 15 is 0 Å². The molecule has 9 aromatic carbocycles. The quantitative estimate of drug-likeness (QED) is 0.144. The summed E-state index contributed by atoms with van der Waals surface area (Å²) in [5, 5.41) is 2.20. The summed E-state index contributed by atoms with van der Waals surface area (Å²) in [6.45, 7) is 20.3. The van der Waals surface area contributed by atoms with Crippen molar-refractivity contribution in [2.24, 2.45) is 0 Å². The van der Waals surface area contributed by atoms with Gasteiger partial charge in [-0.1, -0.05) is 208 Å². The molecule has 5 heteroatoms. The van der Waals surface area contributed by atoms with Gasteiger partial charge in [-0.2, -0.15) is 0 Å². The van der Waals surface area contributed by atoms with Crippen molar-refractivity contribution in [2.75, 3.05) is 16.5 Å². The van der Waals surface area contributed by atoms with E-state index in [2.05, 4.69) is 216 Å². The van der Waals surface area contributed by atoms with Crippen molar-refractivity contribution in [1.29, 1.82) is 0 Å². The zero-order chi connectivity index (χ0) is 57.6. The second-order valence-corrected chi connectivity index (χ2v) is 23.4. The maximum absolute atomic E-state index is 9.37. The van der Waals surface area contributed by atoms with E-state index in [9.17, 15) is 2.74 Å². The normalized spacial score (nSPS) is 13.8. The van der Waals surface area contributed by atoms with Gasteiger partial charge in [0.1, 0.15) is 24.0 Å². The minimum atomic E-state index is -0.430. The predicted octanol–water partition coefficient (Wildman–Crippen LogP) is 19.8. The Morgan fingerprint density at radius 3 is 1.71 bits per heavy atom. The lowest BCUT2D eigenvalue weighted by molar-refractivity contribution is 0.483. The smallest absolute Gasteiger partial charge is 0.137 e. The van der Waals surface area contributed by atoms with E-state index in [-0.39, 0.29) is 46.0 Å². The number of rotatable bonds is 9. The van der Waals surface area contributed by atoms with Crippen LogP contribution in [0.15, 0.2) is 224 Å². The largest absolute Gasteiger partial charge is 0.457 e. The first kappa shape index (κ1) is 43.6. The zero-order valence-corrected chi connectivity index (χ0v) is 45.4. The maximum Gasteiger partial charge on any atom is 0.137 e. The van der Waals surface area contributed by atoms with Gasteiger partial charge in [0.05, 0.1) is 34.9 Å². The van der Waals surface area contributed by atoms with Gasteiger partial charge < -0.3 is 14.5 Å². The van der Waals surface area contributed by atoms with Crippen LogP contribution in [0.25, 0.3) is 72.1 Å². The molecular formula is C72H66N4O. The standard InChI is InChI=1S/C72H66N4O/c1-70(2,3)54-36-37-73-68(44-54)76-64-35-32-51(48-22-13-10-14-23-48)42-63(64)62-34-33-58(46-67(62)76)77-59-41-52(49-24-15-11-16-25-49)40-57(45-59)74-47-75(66-31-20-19-30-65(66)74)69-60(50-26-17-12-18-27-50)28-21-29-61(69)53-38-55(71(4,5)6)43-56(39-53)72(7,8)9/h10-46H,47H2,1-9H3/i12D,17D,18D,26D,27D. The highest BCUT2D eigenvalue weighted by Crippen LogP contribution is 2.52. The second-order valence-electron chi connectivity index (χ2n) is 23.4. The Balaban J connectivity index is 1.03. The van der Waals surface area contributed by atoms with Gasteiger partial charge in [0.25, 0.3) is 0 Å². The molecule has 3 heterocycles.